The summed E-state index contributed by atoms with van der Waals surface area (Å²) >= 11 is 8.43. The second-order valence-electron chi connectivity index (χ2n) is 10.3. The molecule has 3 aromatic carbocycles. The average molecular weight is 594 g/mol. The molecule has 6 nitrogen and oxygen atoms in total. The Labute approximate surface area is 244 Å². The first kappa shape index (κ1) is 28.0. The van der Waals surface area contributed by atoms with E-state index in [4.69, 9.17) is 11.6 Å². The quantitative estimate of drug-likeness (QED) is 0.0817. The molecule has 1 N–H and O–H groups in total. The maximum atomic E-state index is 14.1. The monoisotopic (exact) mass is 593 g/mol. The lowest BCUT2D eigenvalue weighted by Crippen LogP contribution is -2.29. The number of rotatable bonds is 6. The first-order chi connectivity index (χ1) is 19.0. The van der Waals surface area contributed by atoms with Crippen LogP contribution in [0.3, 0.4) is 0 Å². The first-order valence-corrected chi connectivity index (χ1v) is 14.6. The van der Waals surface area contributed by atoms with Gasteiger partial charge < -0.3 is 5.11 Å². The minimum atomic E-state index is -0.929. The zero-order chi connectivity index (χ0) is 28.6. The van der Waals surface area contributed by atoms with Crippen molar-refractivity contribution in [2.75, 3.05) is 4.90 Å². The van der Waals surface area contributed by atoms with Crippen molar-refractivity contribution in [3.05, 3.63) is 111 Å². The zero-order valence-electron chi connectivity index (χ0n) is 21.9. The summed E-state index contributed by atoms with van der Waals surface area (Å²) in [5, 5.41) is 20.4. The Morgan fingerprint density at radius 1 is 1.02 bits per heavy atom. The van der Waals surface area contributed by atoms with Crippen LogP contribution in [0.2, 0.25) is 5.02 Å². The number of amides is 1. The molecule has 1 saturated heterocycles. The topological polar surface area (TPSA) is 83.4 Å². The average Bonchev–Trinajstić information content (AvgIpc) is 3.50. The minimum absolute atomic E-state index is 0.0495. The fraction of sp³-hybridized carbons (Fsp3) is 0.200. The van der Waals surface area contributed by atoms with Crippen LogP contribution in [0.5, 0.6) is 0 Å². The summed E-state index contributed by atoms with van der Waals surface area (Å²) in [4.78, 5) is 28.1. The van der Waals surface area contributed by atoms with Crippen LogP contribution in [0, 0.1) is 5.82 Å². The van der Waals surface area contributed by atoms with Gasteiger partial charge in [-0.25, -0.2) is 4.39 Å². The van der Waals surface area contributed by atoms with Crippen molar-refractivity contribution in [3.8, 4) is 0 Å². The van der Waals surface area contributed by atoms with Crippen LogP contribution in [0.4, 0.5) is 9.52 Å². The summed E-state index contributed by atoms with van der Waals surface area (Å²) < 4.78 is 14.6. The molecular weight excluding hydrogens is 569 g/mol. The third-order valence-corrected chi connectivity index (χ3v) is 8.92. The highest BCUT2D eigenvalue weighted by Crippen LogP contribution is 2.44. The molecule has 10 heteroatoms. The van der Waals surface area contributed by atoms with E-state index < -0.39 is 17.7 Å². The molecule has 0 aliphatic carbocycles. The van der Waals surface area contributed by atoms with Crippen molar-refractivity contribution in [2.45, 2.75) is 42.3 Å². The first-order valence-electron chi connectivity index (χ1n) is 12.4. The van der Waals surface area contributed by atoms with Gasteiger partial charge in [-0.2, -0.15) is 0 Å². The lowest BCUT2D eigenvalue weighted by molar-refractivity contribution is -0.132. The normalized spacial score (nSPS) is 17.0. The Morgan fingerprint density at radius 2 is 1.70 bits per heavy atom. The van der Waals surface area contributed by atoms with Crippen LogP contribution in [-0.2, 0) is 20.8 Å². The number of thioether (sulfide) groups is 1. The number of halogens is 2. The van der Waals surface area contributed by atoms with E-state index in [0.29, 0.717) is 31.8 Å². The number of benzene rings is 3. The molecule has 1 amide bonds. The van der Waals surface area contributed by atoms with Gasteiger partial charge in [-0.1, -0.05) is 97.9 Å². The lowest BCUT2D eigenvalue weighted by Gasteiger charge is -2.24. The van der Waals surface area contributed by atoms with Crippen LogP contribution in [0.15, 0.2) is 82.7 Å². The maximum absolute atomic E-state index is 14.1. The van der Waals surface area contributed by atoms with Crippen molar-refractivity contribution in [1.82, 2.24) is 10.2 Å². The van der Waals surface area contributed by atoms with Gasteiger partial charge in [0.15, 0.2) is 4.34 Å². The van der Waals surface area contributed by atoms with E-state index in [2.05, 4.69) is 31.0 Å². The number of carbonyl (C=O) groups is 2. The minimum Gasteiger partial charge on any atom is -0.507 e. The number of carbonyl (C=O) groups excluding carboxylic acids is 2. The molecule has 0 radical (unpaired) electrons. The second kappa shape index (κ2) is 11.2. The molecule has 1 fully saturated rings. The number of Topliss-reactive ketones (excluding diaryl/α,β-unsaturated/α-hetero) is 1. The van der Waals surface area contributed by atoms with Gasteiger partial charge in [-0.15, -0.1) is 10.2 Å². The SMILES string of the molecule is CC(C)(C)c1ccc(C2/C(=C(/O)c3ccc(Cl)cc3)C(=O)C(=O)N2c2nnc(SCc3ccccc3F)s2)cc1. The number of aromatic nitrogens is 2. The molecule has 1 aliphatic rings. The molecule has 1 atom stereocenters. The van der Waals surface area contributed by atoms with E-state index >= 15 is 0 Å². The van der Waals surface area contributed by atoms with Crippen LogP contribution < -0.4 is 4.90 Å². The molecule has 0 spiro atoms. The Morgan fingerprint density at radius 3 is 2.35 bits per heavy atom. The Kier molecular flexibility index (Phi) is 7.81. The van der Waals surface area contributed by atoms with Crippen LogP contribution >= 0.6 is 34.7 Å². The van der Waals surface area contributed by atoms with Gasteiger partial charge in [0.1, 0.15) is 11.6 Å². The largest absolute Gasteiger partial charge is 0.507 e. The third kappa shape index (κ3) is 5.54. The summed E-state index contributed by atoms with van der Waals surface area (Å²) in [5.41, 5.74) is 2.44. The highest BCUT2D eigenvalue weighted by molar-refractivity contribution is 8.00. The second-order valence-corrected chi connectivity index (χ2v) is 12.9. The van der Waals surface area contributed by atoms with Crippen LogP contribution in [-0.4, -0.2) is 27.0 Å². The molecule has 204 valence electrons. The molecule has 0 saturated carbocycles. The van der Waals surface area contributed by atoms with E-state index in [1.165, 1.54) is 22.7 Å². The van der Waals surface area contributed by atoms with Crippen molar-refractivity contribution in [3.63, 3.8) is 0 Å². The highest BCUT2D eigenvalue weighted by Gasteiger charge is 2.48. The molecular formula is C30H25ClFN3O3S2. The van der Waals surface area contributed by atoms with Gasteiger partial charge in [-0.3, -0.25) is 14.5 Å². The zero-order valence-corrected chi connectivity index (χ0v) is 24.3. The van der Waals surface area contributed by atoms with Gasteiger partial charge in [0, 0.05) is 16.3 Å². The Hall–Kier alpha value is -3.53. The van der Waals surface area contributed by atoms with Gasteiger partial charge in [0.25, 0.3) is 5.78 Å². The standard InChI is InChI=1S/C30H25ClFN3O3S2/c1-30(2,3)20-12-8-17(9-13-20)24-23(25(36)18-10-14-21(31)15-11-18)26(37)27(38)35(24)28-33-34-29(40-28)39-16-19-6-4-5-7-22(19)32/h4-15,24,36H,16H2,1-3H3/b25-23-. The molecule has 1 aromatic heterocycles. The van der Waals surface area contributed by atoms with E-state index in [1.54, 1.807) is 42.5 Å². The van der Waals surface area contributed by atoms with Gasteiger partial charge in [-0.05, 0) is 52.4 Å². The van der Waals surface area contributed by atoms with Crippen molar-refractivity contribution in [2.24, 2.45) is 0 Å². The molecule has 1 aliphatic heterocycles. The van der Waals surface area contributed by atoms with Gasteiger partial charge in [0.2, 0.25) is 5.13 Å². The maximum Gasteiger partial charge on any atom is 0.301 e. The van der Waals surface area contributed by atoms with Gasteiger partial charge >= 0.3 is 5.91 Å². The van der Waals surface area contributed by atoms with Crippen molar-refractivity contribution in [1.29, 1.82) is 0 Å². The molecule has 1 unspecified atom stereocenters. The van der Waals surface area contributed by atoms with E-state index in [9.17, 15) is 19.1 Å². The summed E-state index contributed by atoms with van der Waals surface area (Å²) in [6, 6.07) is 19.5. The van der Waals surface area contributed by atoms with Crippen molar-refractivity contribution >= 4 is 57.3 Å². The predicted molar refractivity (Wildman–Crippen MR) is 157 cm³/mol. The van der Waals surface area contributed by atoms with Crippen LogP contribution in [0.1, 0.15) is 49.1 Å². The number of aliphatic hydroxyl groups excluding tert-OH is 1. The summed E-state index contributed by atoms with van der Waals surface area (Å²) in [6.45, 7) is 6.28. The molecule has 4 aromatic rings. The molecule has 5 rings (SSSR count). The Bertz CT molecular complexity index is 1610. The van der Waals surface area contributed by atoms with Crippen molar-refractivity contribution < 1.29 is 19.1 Å². The third-order valence-electron chi connectivity index (χ3n) is 6.57. The van der Waals surface area contributed by atoms with E-state index in [-0.39, 0.29) is 27.7 Å². The molecule has 2 heterocycles. The van der Waals surface area contributed by atoms with E-state index in [1.807, 2.05) is 24.3 Å². The fourth-order valence-corrected chi connectivity index (χ4v) is 6.37. The molecule has 0 bridgehead atoms. The lowest BCUT2D eigenvalue weighted by atomic mass is 9.85. The number of ketones is 1. The summed E-state index contributed by atoms with van der Waals surface area (Å²) in [6.07, 6.45) is 0. The number of aliphatic hydroxyl groups is 1. The van der Waals surface area contributed by atoms with Crippen LogP contribution in [0.25, 0.3) is 5.76 Å². The fourth-order valence-electron chi connectivity index (χ4n) is 4.39. The predicted octanol–water partition coefficient (Wildman–Crippen LogP) is 7.55. The number of hydrogen-bond acceptors (Lipinski definition) is 7. The summed E-state index contributed by atoms with van der Waals surface area (Å²) in [7, 11) is 0. The van der Waals surface area contributed by atoms with Gasteiger partial charge in [0.05, 0.1) is 11.6 Å². The number of hydrogen-bond donors (Lipinski definition) is 1. The molecule has 40 heavy (non-hydrogen) atoms. The highest BCUT2D eigenvalue weighted by atomic mass is 35.5. The van der Waals surface area contributed by atoms with E-state index in [0.717, 1.165) is 16.9 Å². The smallest absolute Gasteiger partial charge is 0.301 e. The number of anilines is 1. The number of nitrogens with zero attached hydrogens (tertiary/aromatic N) is 3. The summed E-state index contributed by atoms with van der Waals surface area (Å²) in [5.74, 6) is -1.93. The Balaban J connectivity index is 1.56.